The van der Waals surface area contributed by atoms with E-state index in [1.54, 1.807) is 11.8 Å². The molecule has 0 unspecified atom stereocenters. The van der Waals surface area contributed by atoms with Gasteiger partial charge in [-0.05, 0) is 49.9 Å². The normalized spacial score (nSPS) is 14.9. The summed E-state index contributed by atoms with van der Waals surface area (Å²) in [4.78, 5) is 17.2. The number of hydrogen-bond donors (Lipinski definition) is 1. The molecular weight excluding hydrogens is 383 g/mol. The molecule has 0 spiro atoms. The van der Waals surface area contributed by atoms with Gasteiger partial charge in [0.25, 0.3) is 0 Å². The van der Waals surface area contributed by atoms with Crippen molar-refractivity contribution in [1.29, 1.82) is 0 Å². The maximum Gasteiger partial charge on any atom is 0.241 e. The Labute approximate surface area is 164 Å². The fourth-order valence-electron chi connectivity index (χ4n) is 3.06. The Balaban J connectivity index is 1.83. The first-order chi connectivity index (χ1) is 13.3. The van der Waals surface area contributed by atoms with Gasteiger partial charge in [0.2, 0.25) is 21.9 Å². The second-order valence-electron chi connectivity index (χ2n) is 7.03. The lowest BCUT2D eigenvalue weighted by Crippen LogP contribution is -2.33. The topological polar surface area (TPSA) is 91.3 Å². The van der Waals surface area contributed by atoms with E-state index in [4.69, 9.17) is 0 Å². The number of anilines is 2. The molecule has 1 aliphatic heterocycles. The predicted octanol–water partition coefficient (Wildman–Crippen LogP) is 1.85. The lowest BCUT2D eigenvalue weighted by molar-refractivity contribution is 0.563. The molecule has 0 saturated carbocycles. The van der Waals surface area contributed by atoms with Crippen LogP contribution in [0, 0.1) is 12.7 Å². The number of piperidine rings is 1. The van der Waals surface area contributed by atoms with E-state index in [2.05, 4.69) is 24.6 Å². The number of aryl methyl sites for hydroxylation is 1. The van der Waals surface area contributed by atoms with Crippen LogP contribution in [0.5, 0.6) is 0 Å². The summed E-state index contributed by atoms with van der Waals surface area (Å²) in [7, 11) is -0.172. The minimum atomic E-state index is -3.82. The zero-order valence-electron chi connectivity index (χ0n) is 16.3. The van der Waals surface area contributed by atoms with Crippen LogP contribution in [0.15, 0.2) is 23.1 Å². The van der Waals surface area contributed by atoms with Crippen molar-refractivity contribution in [3.63, 3.8) is 0 Å². The first-order valence-corrected chi connectivity index (χ1v) is 10.7. The molecule has 0 atom stereocenters. The molecule has 10 heteroatoms. The van der Waals surface area contributed by atoms with Gasteiger partial charge in [0, 0.05) is 27.2 Å². The van der Waals surface area contributed by atoms with E-state index >= 15 is 0 Å². The van der Waals surface area contributed by atoms with E-state index in [0.717, 1.165) is 32.0 Å². The Morgan fingerprint density at radius 2 is 1.86 bits per heavy atom. The number of hydrogen-bond acceptors (Lipinski definition) is 7. The van der Waals surface area contributed by atoms with Crippen LogP contribution < -0.4 is 14.5 Å². The van der Waals surface area contributed by atoms with E-state index in [-0.39, 0.29) is 11.4 Å². The number of halogens is 1. The molecular formula is C18H25FN6O2S. The van der Waals surface area contributed by atoms with E-state index in [1.807, 2.05) is 14.1 Å². The van der Waals surface area contributed by atoms with Gasteiger partial charge in [-0.15, -0.1) is 0 Å². The predicted molar refractivity (Wildman–Crippen MR) is 105 cm³/mol. The third-order valence-electron chi connectivity index (χ3n) is 4.54. The summed E-state index contributed by atoms with van der Waals surface area (Å²) in [6.45, 7) is 3.22. The van der Waals surface area contributed by atoms with Crippen LogP contribution in [0.4, 0.5) is 16.3 Å². The van der Waals surface area contributed by atoms with Crippen LogP contribution in [0.2, 0.25) is 0 Å². The highest BCUT2D eigenvalue weighted by Gasteiger charge is 2.20. The molecule has 1 aliphatic rings. The summed E-state index contributed by atoms with van der Waals surface area (Å²) >= 11 is 0. The molecule has 1 saturated heterocycles. The average Bonchev–Trinajstić information content (AvgIpc) is 2.66. The molecule has 8 nitrogen and oxygen atoms in total. The zero-order chi connectivity index (χ0) is 20.3. The van der Waals surface area contributed by atoms with Crippen LogP contribution in [0.1, 0.15) is 30.7 Å². The van der Waals surface area contributed by atoms with Gasteiger partial charge >= 0.3 is 0 Å². The molecule has 152 valence electrons. The minimum Gasteiger partial charge on any atom is -0.347 e. The molecule has 0 radical (unpaired) electrons. The highest BCUT2D eigenvalue weighted by Crippen LogP contribution is 2.19. The fourth-order valence-corrected chi connectivity index (χ4v) is 4.27. The Hall–Kier alpha value is -2.33. The molecule has 1 aromatic heterocycles. The maximum absolute atomic E-state index is 13.3. The molecule has 0 bridgehead atoms. The summed E-state index contributed by atoms with van der Waals surface area (Å²) in [5, 5.41) is 0. The molecule has 1 fully saturated rings. The van der Waals surface area contributed by atoms with Crippen LogP contribution >= 0.6 is 0 Å². The quantitative estimate of drug-likeness (QED) is 0.780. The standard InChI is InChI=1S/C18H25FN6O2S/c1-13-11-14(19)7-8-15(13)28(26,27)20-12-16-21-17(24(2)3)23-18(22-16)25-9-5-4-6-10-25/h7-8,11,20H,4-6,9-10,12H2,1-3H3. The Morgan fingerprint density at radius 1 is 1.14 bits per heavy atom. The first kappa shape index (κ1) is 20.4. The lowest BCUT2D eigenvalue weighted by atomic mass is 10.1. The second-order valence-corrected chi connectivity index (χ2v) is 8.76. The summed E-state index contributed by atoms with van der Waals surface area (Å²) in [6, 6.07) is 3.57. The summed E-state index contributed by atoms with van der Waals surface area (Å²) in [6.07, 6.45) is 3.34. The molecule has 0 amide bonds. The molecule has 2 heterocycles. The van der Waals surface area contributed by atoms with Crippen LogP contribution in [0.25, 0.3) is 0 Å². The number of nitrogens with zero attached hydrogens (tertiary/aromatic N) is 5. The Bertz CT molecular complexity index is 945. The number of benzene rings is 1. The molecule has 1 N–H and O–H groups in total. The van der Waals surface area contributed by atoms with Gasteiger partial charge in [-0.1, -0.05) is 0 Å². The average molecular weight is 409 g/mol. The molecule has 0 aliphatic carbocycles. The Kier molecular flexibility index (Phi) is 6.09. The van der Waals surface area contributed by atoms with Crippen molar-refractivity contribution in [2.24, 2.45) is 0 Å². The highest BCUT2D eigenvalue weighted by molar-refractivity contribution is 7.89. The number of aromatic nitrogens is 3. The monoisotopic (exact) mass is 408 g/mol. The van der Waals surface area contributed by atoms with Gasteiger partial charge < -0.3 is 9.80 Å². The van der Waals surface area contributed by atoms with Crippen molar-refractivity contribution < 1.29 is 12.8 Å². The van der Waals surface area contributed by atoms with Crippen molar-refractivity contribution in [3.8, 4) is 0 Å². The van der Waals surface area contributed by atoms with Crippen LogP contribution in [-0.2, 0) is 16.6 Å². The number of sulfonamides is 1. The smallest absolute Gasteiger partial charge is 0.241 e. The van der Waals surface area contributed by atoms with Crippen LogP contribution in [0.3, 0.4) is 0 Å². The van der Waals surface area contributed by atoms with Gasteiger partial charge in [0.1, 0.15) is 5.82 Å². The largest absolute Gasteiger partial charge is 0.347 e. The molecule has 28 heavy (non-hydrogen) atoms. The van der Waals surface area contributed by atoms with Gasteiger partial charge in [-0.25, -0.2) is 17.5 Å². The third kappa shape index (κ3) is 4.74. The maximum atomic E-state index is 13.3. The van der Waals surface area contributed by atoms with E-state index in [9.17, 15) is 12.8 Å². The fraction of sp³-hybridized carbons (Fsp3) is 0.500. The van der Waals surface area contributed by atoms with Gasteiger partial charge in [0.05, 0.1) is 11.4 Å². The van der Waals surface area contributed by atoms with Gasteiger partial charge in [0.15, 0.2) is 5.82 Å². The highest BCUT2D eigenvalue weighted by atomic mass is 32.2. The van der Waals surface area contributed by atoms with Crippen molar-refractivity contribution in [1.82, 2.24) is 19.7 Å². The third-order valence-corrected chi connectivity index (χ3v) is 6.11. The van der Waals surface area contributed by atoms with E-state index < -0.39 is 15.8 Å². The molecule has 1 aromatic carbocycles. The number of nitrogens with one attached hydrogen (secondary N) is 1. The Morgan fingerprint density at radius 3 is 2.50 bits per heavy atom. The van der Waals surface area contributed by atoms with E-state index in [1.165, 1.54) is 18.6 Å². The summed E-state index contributed by atoms with van der Waals surface area (Å²) in [5.41, 5.74) is 0.339. The second kappa shape index (κ2) is 8.36. The molecule has 2 aromatic rings. The minimum absolute atomic E-state index is 0.0343. The molecule has 3 rings (SSSR count). The van der Waals surface area contributed by atoms with Crippen molar-refractivity contribution in [2.75, 3.05) is 37.0 Å². The summed E-state index contributed by atoms with van der Waals surface area (Å²) < 4.78 is 41.0. The van der Waals surface area contributed by atoms with Crippen molar-refractivity contribution >= 4 is 21.9 Å². The van der Waals surface area contributed by atoms with Gasteiger partial charge in [-0.2, -0.15) is 15.0 Å². The first-order valence-electron chi connectivity index (χ1n) is 9.19. The van der Waals surface area contributed by atoms with E-state index in [0.29, 0.717) is 23.3 Å². The summed E-state index contributed by atoms with van der Waals surface area (Å²) in [5.74, 6) is 0.895. The SMILES string of the molecule is Cc1cc(F)ccc1S(=O)(=O)NCc1nc(N(C)C)nc(N2CCCCC2)n1. The zero-order valence-corrected chi connectivity index (χ0v) is 17.1. The number of rotatable bonds is 6. The van der Waals surface area contributed by atoms with Gasteiger partial charge in [-0.3, -0.25) is 0 Å². The van der Waals surface area contributed by atoms with Crippen molar-refractivity contribution in [3.05, 3.63) is 35.4 Å². The van der Waals surface area contributed by atoms with Crippen molar-refractivity contribution in [2.45, 2.75) is 37.6 Å². The van der Waals surface area contributed by atoms with Crippen LogP contribution in [-0.4, -0.2) is 50.6 Å². The lowest BCUT2D eigenvalue weighted by Gasteiger charge is -2.27.